The van der Waals surface area contributed by atoms with Crippen molar-refractivity contribution in [2.75, 3.05) is 26.2 Å². The van der Waals surface area contributed by atoms with Gasteiger partial charge in [0.2, 0.25) is 0 Å². The molecule has 0 aromatic heterocycles. The Kier molecular flexibility index (Phi) is 22.2. The van der Waals surface area contributed by atoms with Crippen molar-refractivity contribution in [3.8, 4) is 0 Å². The maximum atomic E-state index is 15.2. The molecule has 18 heteroatoms. The van der Waals surface area contributed by atoms with Crippen LogP contribution in [0.15, 0.2) is 152 Å². The van der Waals surface area contributed by atoms with Gasteiger partial charge in [-0.2, -0.15) is 4.90 Å². The van der Waals surface area contributed by atoms with E-state index in [2.05, 4.69) is 16.0 Å². The van der Waals surface area contributed by atoms with Gasteiger partial charge in [-0.15, -0.1) is 0 Å². The lowest BCUT2D eigenvalue weighted by Gasteiger charge is -2.33. The second-order valence-corrected chi connectivity index (χ2v) is 15.6. The highest BCUT2D eigenvalue weighted by Gasteiger charge is 2.42. The lowest BCUT2D eigenvalue weighted by atomic mass is 10.1. The summed E-state index contributed by atoms with van der Waals surface area (Å²) in [7, 11) is 0. The average Bonchev–Trinajstić information content (AvgIpc) is 3.39. The summed E-state index contributed by atoms with van der Waals surface area (Å²) < 4.78 is 27.4. The third-order valence-corrected chi connectivity index (χ3v) is 10.4. The van der Waals surface area contributed by atoms with Crippen molar-refractivity contribution in [3.05, 3.63) is 179 Å². The van der Waals surface area contributed by atoms with Crippen molar-refractivity contribution < 1.29 is 57.2 Å². The van der Waals surface area contributed by atoms with Gasteiger partial charge in [-0.1, -0.05) is 152 Å². The molecule has 0 aliphatic heterocycles. The van der Waals surface area contributed by atoms with Crippen molar-refractivity contribution in [3.63, 3.8) is 0 Å². The Morgan fingerprint density at radius 3 is 1.26 bits per heavy atom. The third-order valence-electron chi connectivity index (χ3n) is 10.4. The molecule has 5 aromatic carbocycles. The quantitative estimate of drug-likeness (QED) is 0.0350. The lowest BCUT2D eigenvalue weighted by molar-refractivity contribution is -0.147. The zero-order valence-corrected chi connectivity index (χ0v) is 38.7. The SMILES string of the molecule is NCCC[C@H](NC(=O)OCc1ccccc1)C(=O)N(C(=O)OCc1ccccc1)C(=O)[C@H](CCCNC(=O)OCc1ccccc1)N(CCNC(=O)OCc1ccccc1)C(=O)OCc1ccccc1. The first kappa shape index (κ1) is 52.7. The van der Waals surface area contributed by atoms with Gasteiger partial charge in [0.25, 0.3) is 11.8 Å². The van der Waals surface area contributed by atoms with Gasteiger partial charge in [-0.05, 0) is 60.0 Å². The average molecular weight is 959 g/mol. The number of rotatable bonds is 24. The number of carbonyl (C=O) groups is 7. The number of imide groups is 3. The molecular weight excluding hydrogens is 901 g/mol. The fraction of sp³-hybridized carbons (Fsp3) is 0.288. The van der Waals surface area contributed by atoms with Crippen LogP contribution in [0.4, 0.5) is 24.0 Å². The third kappa shape index (κ3) is 18.4. The molecule has 0 saturated heterocycles. The number of hydrogen-bond donors (Lipinski definition) is 4. The number of ether oxygens (including phenoxy) is 5. The predicted octanol–water partition coefficient (Wildman–Crippen LogP) is 7.35. The Hall–Kier alpha value is -8.25. The maximum Gasteiger partial charge on any atom is 0.424 e. The van der Waals surface area contributed by atoms with Crippen LogP contribution in [0.25, 0.3) is 0 Å². The Morgan fingerprint density at radius 1 is 0.443 bits per heavy atom. The van der Waals surface area contributed by atoms with Crippen LogP contribution in [-0.2, 0) is 66.3 Å². The number of amides is 7. The molecule has 0 saturated carbocycles. The highest BCUT2D eigenvalue weighted by atomic mass is 16.6. The normalized spacial score (nSPS) is 11.4. The Morgan fingerprint density at radius 2 is 0.829 bits per heavy atom. The van der Waals surface area contributed by atoms with E-state index in [9.17, 15) is 28.8 Å². The molecule has 0 spiro atoms. The van der Waals surface area contributed by atoms with E-state index in [4.69, 9.17) is 29.4 Å². The van der Waals surface area contributed by atoms with Gasteiger partial charge in [-0.25, -0.2) is 24.0 Å². The molecule has 2 atom stereocenters. The summed E-state index contributed by atoms with van der Waals surface area (Å²) in [6.45, 7) is -1.55. The van der Waals surface area contributed by atoms with Gasteiger partial charge in [-0.3, -0.25) is 14.5 Å². The first-order chi connectivity index (χ1) is 34.1. The second-order valence-electron chi connectivity index (χ2n) is 15.6. The molecule has 5 N–H and O–H groups in total. The molecule has 0 fully saturated rings. The summed E-state index contributed by atoms with van der Waals surface area (Å²) >= 11 is 0. The van der Waals surface area contributed by atoms with Crippen LogP contribution in [0.3, 0.4) is 0 Å². The molecule has 7 amide bonds. The fourth-order valence-corrected chi connectivity index (χ4v) is 6.77. The number of benzene rings is 5. The van der Waals surface area contributed by atoms with Crippen LogP contribution in [0.2, 0.25) is 0 Å². The van der Waals surface area contributed by atoms with Crippen LogP contribution < -0.4 is 21.7 Å². The molecule has 5 aromatic rings. The number of nitrogens with zero attached hydrogens (tertiary/aromatic N) is 2. The Labute approximate surface area is 406 Å². The first-order valence-corrected chi connectivity index (χ1v) is 22.7. The highest BCUT2D eigenvalue weighted by Crippen LogP contribution is 2.19. The van der Waals surface area contributed by atoms with E-state index in [0.717, 1.165) is 16.0 Å². The summed E-state index contributed by atoms with van der Waals surface area (Å²) in [5, 5.41) is 7.67. The molecule has 0 heterocycles. The van der Waals surface area contributed by atoms with Crippen LogP contribution in [0.1, 0.15) is 53.5 Å². The van der Waals surface area contributed by atoms with Crippen LogP contribution in [-0.4, -0.2) is 90.3 Å². The monoisotopic (exact) mass is 958 g/mol. The molecule has 0 aliphatic carbocycles. The topological polar surface area (TPSA) is 234 Å². The maximum absolute atomic E-state index is 15.2. The van der Waals surface area contributed by atoms with Gasteiger partial charge < -0.3 is 45.4 Å². The minimum absolute atomic E-state index is 0.0169. The number of carbonyl (C=O) groups excluding carboxylic acids is 7. The molecule has 368 valence electrons. The smallest absolute Gasteiger partial charge is 0.424 e. The molecule has 0 unspecified atom stereocenters. The minimum atomic E-state index is -1.69. The summed E-state index contributed by atoms with van der Waals surface area (Å²) in [5.74, 6) is -2.45. The summed E-state index contributed by atoms with van der Waals surface area (Å²) in [5.41, 5.74) is 9.09. The lowest BCUT2D eigenvalue weighted by Crippen LogP contribution is -2.59. The Balaban J connectivity index is 1.45. The van der Waals surface area contributed by atoms with E-state index in [1.165, 1.54) is 0 Å². The van der Waals surface area contributed by atoms with E-state index >= 15 is 4.79 Å². The number of alkyl carbamates (subject to hydrolysis) is 3. The van der Waals surface area contributed by atoms with E-state index in [0.29, 0.717) is 16.7 Å². The van der Waals surface area contributed by atoms with Gasteiger partial charge in [0, 0.05) is 19.6 Å². The predicted molar refractivity (Wildman–Crippen MR) is 256 cm³/mol. The first-order valence-electron chi connectivity index (χ1n) is 22.7. The van der Waals surface area contributed by atoms with E-state index in [1.807, 2.05) is 12.1 Å². The number of nitrogens with one attached hydrogen (secondary N) is 3. The van der Waals surface area contributed by atoms with Crippen molar-refractivity contribution in [1.29, 1.82) is 0 Å². The number of hydrogen-bond acceptors (Lipinski definition) is 13. The zero-order valence-electron chi connectivity index (χ0n) is 38.7. The molecule has 0 aliphatic rings. The van der Waals surface area contributed by atoms with E-state index in [-0.39, 0.29) is 83.3 Å². The van der Waals surface area contributed by atoms with Crippen LogP contribution in [0, 0.1) is 0 Å². The minimum Gasteiger partial charge on any atom is -0.445 e. The molecule has 0 radical (unpaired) electrons. The standard InChI is InChI=1S/C52H58N6O12/c53-30-16-28-44(56-50(63)68-36-41-22-10-3-11-23-41)46(59)58(52(65)70-38-43-26-14-5-15-27-43)47(60)45(29-17-31-54-48(61)66-34-39-18-6-1-7-19-39)57(51(64)69-37-42-24-12-4-13-25-42)33-32-55-49(62)67-35-40-20-8-2-9-21-40/h1-15,18-27,44-45H,16-17,28-38,53H2,(H,54,61)(H,55,62)(H,56,63)/t44-,45-/m0/s1. The van der Waals surface area contributed by atoms with Gasteiger partial charge >= 0.3 is 30.5 Å². The highest BCUT2D eigenvalue weighted by molar-refractivity contribution is 6.12. The van der Waals surface area contributed by atoms with Crippen LogP contribution >= 0.6 is 0 Å². The number of nitrogens with two attached hydrogens (primary N) is 1. The van der Waals surface area contributed by atoms with Gasteiger partial charge in [0.15, 0.2) is 0 Å². The van der Waals surface area contributed by atoms with Gasteiger partial charge in [0.05, 0.1) is 0 Å². The van der Waals surface area contributed by atoms with E-state index in [1.54, 1.807) is 140 Å². The molecule has 18 nitrogen and oxygen atoms in total. The molecule has 70 heavy (non-hydrogen) atoms. The van der Waals surface area contributed by atoms with Crippen molar-refractivity contribution in [2.24, 2.45) is 5.73 Å². The summed E-state index contributed by atoms with van der Waals surface area (Å²) in [6, 6.07) is 40.6. The Bertz CT molecular complexity index is 2400. The van der Waals surface area contributed by atoms with E-state index < -0.39 is 60.9 Å². The van der Waals surface area contributed by atoms with Gasteiger partial charge in [0.1, 0.15) is 45.1 Å². The van der Waals surface area contributed by atoms with Crippen LogP contribution in [0.5, 0.6) is 0 Å². The largest absolute Gasteiger partial charge is 0.445 e. The van der Waals surface area contributed by atoms with Crippen molar-refractivity contribution in [2.45, 2.75) is 70.8 Å². The summed E-state index contributed by atoms with van der Waals surface area (Å²) in [6.07, 6.45) is -5.37. The van der Waals surface area contributed by atoms with Crippen molar-refractivity contribution in [1.82, 2.24) is 25.8 Å². The molecule has 5 rings (SSSR count). The summed E-state index contributed by atoms with van der Waals surface area (Å²) in [4.78, 5) is 98.7. The molecule has 0 bridgehead atoms. The molecular formula is C52H58N6O12. The van der Waals surface area contributed by atoms with Crippen molar-refractivity contribution >= 4 is 42.3 Å². The fourth-order valence-electron chi connectivity index (χ4n) is 6.77. The second kappa shape index (κ2) is 29.5. The zero-order chi connectivity index (χ0) is 49.8.